The number of anilines is 1. The largest absolute Gasteiger partial charge is 0.381 e. The van der Waals surface area contributed by atoms with Crippen molar-refractivity contribution in [2.24, 2.45) is 0 Å². The van der Waals surface area contributed by atoms with Crippen LogP contribution in [0.4, 0.5) is 5.69 Å². The second kappa shape index (κ2) is 7.85. The number of para-hydroxylation sites is 1. The van der Waals surface area contributed by atoms with E-state index < -0.39 is 0 Å². The van der Waals surface area contributed by atoms with Crippen molar-refractivity contribution in [1.29, 1.82) is 0 Å². The summed E-state index contributed by atoms with van der Waals surface area (Å²) in [6.45, 7) is 4.98. The maximum atomic E-state index is 12.9. The Morgan fingerprint density at radius 2 is 2.04 bits per heavy atom. The lowest BCUT2D eigenvalue weighted by Gasteiger charge is -2.27. The number of rotatable bonds is 4. The van der Waals surface area contributed by atoms with E-state index in [9.17, 15) is 4.79 Å². The summed E-state index contributed by atoms with van der Waals surface area (Å²) in [6, 6.07) is 8.86. The predicted octanol–water partition coefficient (Wildman–Crippen LogP) is 2.58. The molecular formula is C20H28N2O3. The third-order valence-electron chi connectivity index (χ3n) is 5.69. The highest BCUT2D eigenvalue weighted by atomic mass is 16.5. The summed E-state index contributed by atoms with van der Waals surface area (Å²) in [4.78, 5) is 17.5. The average molecular weight is 344 g/mol. The van der Waals surface area contributed by atoms with Crippen LogP contribution in [0.2, 0.25) is 0 Å². The minimum absolute atomic E-state index is 0.188. The summed E-state index contributed by atoms with van der Waals surface area (Å²) < 4.78 is 11.3. The smallest absolute Gasteiger partial charge is 0.229 e. The maximum absolute atomic E-state index is 12.9. The summed E-state index contributed by atoms with van der Waals surface area (Å²) in [5, 5.41) is 0. The molecule has 0 spiro atoms. The zero-order valence-corrected chi connectivity index (χ0v) is 14.9. The number of hydrogen-bond acceptors (Lipinski definition) is 4. The minimum atomic E-state index is 0.188. The summed E-state index contributed by atoms with van der Waals surface area (Å²) in [7, 11) is 0. The van der Waals surface area contributed by atoms with Crippen LogP contribution < -0.4 is 4.90 Å². The zero-order valence-electron chi connectivity index (χ0n) is 14.9. The van der Waals surface area contributed by atoms with E-state index in [0.29, 0.717) is 19.1 Å². The van der Waals surface area contributed by atoms with Gasteiger partial charge in [-0.3, -0.25) is 9.69 Å². The Morgan fingerprint density at radius 3 is 2.92 bits per heavy atom. The molecule has 0 radical (unpaired) electrons. The molecule has 0 aromatic heterocycles. The second-order valence-electron chi connectivity index (χ2n) is 7.33. The normalized spacial score (nSPS) is 24.6. The van der Waals surface area contributed by atoms with Crippen LogP contribution in [-0.4, -0.2) is 55.9 Å². The molecule has 0 saturated carbocycles. The average Bonchev–Trinajstić information content (AvgIpc) is 3.01. The topological polar surface area (TPSA) is 42.0 Å². The molecule has 0 bridgehead atoms. The standard InChI is InChI=1S/C20H28N2O3/c23-20(9-13-25-18-7-11-24-12-8-18)22-15-17-5-3-10-21(17)14-16-4-1-2-6-19(16)22/h1-2,4,6,17-18H,3,5,7-15H2/t17-/m1/s1. The van der Waals surface area contributed by atoms with Gasteiger partial charge in [0.15, 0.2) is 0 Å². The predicted molar refractivity (Wildman–Crippen MR) is 96.6 cm³/mol. The quantitative estimate of drug-likeness (QED) is 0.842. The first-order valence-corrected chi connectivity index (χ1v) is 9.63. The molecule has 4 rings (SSSR count). The van der Waals surface area contributed by atoms with Gasteiger partial charge in [-0.15, -0.1) is 0 Å². The molecule has 1 atom stereocenters. The Hall–Kier alpha value is -1.43. The number of benzene rings is 1. The van der Waals surface area contributed by atoms with Crippen molar-refractivity contribution in [1.82, 2.24) is 4.90 Å². The fourth-order valence-corrected chi connectivity index (χ4v) is 4.27. The van der Waals surface area contributed by atoms with Crippen molar-refractivity contribution < 1.29 is 14.3 Å². The minimum Gasteiger partial charge on any atom is -0.381 e. The van der Waals surface area contributed by atoms with Crippen LogP contribution in [0.5, 0.6) is 0 Å². The summed E-state index contributed by atoms with van der Waals surface area (Å²) in [6.07, 6.45) is 5.02. The fraction of sp³-hybridized carbons (Fsp3) is 0.650. The van der Waals surface area contributed by atoms with Crippen molar-refractivity contribution in [3.8, 4) is 0 Å². The monoisotopic (exact) mass is 344 g/mol. The molecule has 1 aromatic carbocycles. The molecule has 3 aliphatic rings. The van der Waals surface area contributed by atoms with Crippen LogP contribution in [-0.2, 0) is 20.8 Å². The lowest BCUT2D eigenvalue weighted by atomic mass is 10.1. The first-order valence-electron chi connectivity index (χ1n) is 9.63. The third kappa shape index (κ3) is 3.89. The molecule has 1 amide bonds. The molecule has 5 nitrogen and oxygen atoms in total. The van der Waals surface area contributed by atoms with E-state index in [-0.39, 0.29) is 12.0 Å². The van der Waals surface area contributed by atoms with E-state index >= 15 is 0 Å². The maximum Gasteiger partial charge on any atom is 0.229 e. The number of carbonyl (C=O) groups excluding carboxylic acids is 1. The highest BCUT2D eigenvalue weighted by molar-refractivity contribution is 5.94. The number of amides is 1. The van der Waals surface area contributed by atoms with Gasteiger partial charge in [0, 0.05) is 38.0 Å². The molecule has 0 N–H and O–H groups in total. The van der Waals surface area contributed by atoms with Gasteiger partial charge in [-0.05, 0) is 43.9 Å². The Kier molecular flexibility index (Phi) is 5.34. The van der Waals surface area contributed by atoms with Crippen molar-refractivity contribution in [2.75, 3.05) is 37.8 Å². The van der Waals surface area contributed by atoms with Gasteiger partial charge >= 0.3 is 0 Å². The fourth-order valence-electron chi connectivity index (χ4n) is 4.27. The molecule has 0 unspecified atom stereocenters. The molecule has 25 heavy (non-hydrogen) atoms. The molecule has 0 aliphatic carbocycles. The van der Waals surface area contributed by atoms with Crippen LogP contribution in [0.1, 0.15) is 37.7 Å². The van der Waals surface area contributed by atoms with Crippen LogP contribution in [0.25, 0.3) is 0 Å². The number of carbonyl (C=O) groups is 1. The first-order chi connectivity index (χ1) is 12.3. The van der Waals surface area contributed by atoms with Gasteiger partial charge in [0.25, 0.3) is 0 Å². The summed E-state index contributed by atoms with van der Waals surface area (Å²) in [5.41, 5.74) is 2.36. The van der Waals surface area contributed by atoms with Crippen molar-refractivity contribution in [2.45, 2.75) is 50.8 Å². The first kappa shape index (κ1) is 17.0. The Bertz CT molecular complexity index is 600. The number of fused-ring (bicyclic) bond motifs is 2. The van der Waals surface area contributed by atoms with E-state index in [1.54, 1.807) is 0 Å². The second-order valence-corrected chi connectivity index (χ2v) is 7.33. The molecule has 2 saturated heterocycles. The van der Waals surface area contributed by atoms with Crippen molar-refractivity contribution in [3.63, 3.8) is 0 Å². The Balaban J connectivity index is 1.41. The summed E-state index contributed by atoms with van der Waals surface area (Å²) >= 11 is 0. The lowest BCUT2D eigenvalue weighted by Crippen LogP contribution is -2.41. The highest BCUT2D eigenvalue weighted by Crippen LogP contribution is 2.31. The highest BCUT2D eigenvalue weighted by Gasteiger charge is 2.33. The van der Waals surface area contributed by atoms with Crippen LogP contribution >= 0.6 is 0 Å². The number of hydrogen-bond donors (Lipinski definition) is 0. The van der Waals surface area contributed by atoms with Gasteiger partial charge in [-0.1, -0.05) is 18.2 Å². The third-order valence-corrected chi connectivity index (χ3v) is 5.69. The molecule has 1 aromatic rings. The molecule has 2 fully saturated rings. The Labute approximate surface area is 149 Å². The van der Waals surface area contributed by atoms with E-state index in [2.05, 4.69) is 23.1 Å². The van der Waals surface area contributed by atoms with Gasteiger partial charge in [-0.25, -0.2) is 0 Å². The summed E-state index contributed by atoms with van der Waals surface area (Å²) in [5.74, 6) is 0.188. The van der Waals surface area contributed by atoms with Crippen LogP contribution in [0.15, 0.2) is 24.3 Å². The van der Waals surface area contributed by atoms with Gasteiger partial charge < -0.3 is 14.4 Å². The Morgan fingerprint density at radius 1 is 1.20 bits per heavy atom. The number of nitrogens with zero attached hydrogens (tertiary/aromatic N) is 2. The van der Waals surface area contributed by atoms with Crippen molar-refractivity contribution in [3.05, 3.63) is 29.8 Å². The lowest BCUT2D eigenvalue weighted by molar-refractivity contribution is -0.120. The van der Waals surface area contributed by atoms with Gasteiger partial charge in [0.1, 0.15) is 0 Å². The van der Waals surface area contributed by atoms with Crippen molar-refractivity contribution >= 4 is 11.6 Å². The van der Waals surface area contributed by atoms with E-state index in [1.165, 1.54) is 18.4 Å². The van der Waals surface area contributed by atoms with E-state index in [1.807, 2.05) is 11.0 Å². The number of ether oxygens (including phenoxy) is 2. The SMILES string of the molecule is O=C(CCOC1CCOCC1)N1C[C@H]2CCCN2Cc2ccccc21. The zero-order chi connectivity index (χ0) is 17.1. The molecule has 3 aliphatic heterocycles. The van der Waals surface area contributed by atoms with Gasteiger partial charge in [-0.2, -0.15) is 0 Å². The molecule has 3 heterocycles. The van der Waals surface area contributed by atoms with Crippen LogP contribution in [0, 0.1) is 0 Å². The van der Waals surface area contributed by atoms with Gasteiger partial charge in [0.2, 0.25) is 5.91 Å². The van der Waals surface area contributed by atoms with E-state index in [0.717, 1.165) is 51.4 Å². The molecule has 136 valence electrons. The van der Waals surface area contributed by atoms with Crippen LogP contribution in [0.3, 0.4) is 0 Å². The molecular weight excluding hydrogens is 316 g/mol. The van der Waals surface area contributed by atoms with E-state index in [4.69, 9.17) is 9.47 Å². The molecule has 5 heteroatoms. The van der Waals surface area contributed by atoms with Gasteiger partial charge in [0.05, 0.1) is 19.1 Å².